The number of ether oxygens (including phenoxy) is 1. The quantitative estimate of drug-likeness (QED) is 0.246. The molecule has 1 atom stereocenters. The molecular formula is C6H8O7. The van der Waals surface area contributed by atoms with E-state index in [1.807, 2.05) is 0 Å². The molecule has 7 nitrogen and oxygen atoms in total. The monoisotopic (exact) mass is 192 g/mol. The normalized spacial score (nSPS) is 11.9. The topological polar surface area (TPSA) is 121 Å². The number of hydrogen-bond donors (Lipinski definition) is 3. The fourth-order valence-electron chi connectivity index (χ4n) is 0.405. The minimum absolute atomic E-state index is 0.943. The maximum Gasteiger partial charge on any atom is 0.385 e. The molecule has 3 N–H and O–H groups in total. The number of Topliss-reactive ketones (excluding diaryl/α,β-unsaturated/α-hetero) is 1. The number of aliphatic hydroxyl groups is 3. The van der Waals surface area contributed by atoms with Crippen LogP contribution in [0, 0.1) is 0 Å². The number of rotatable bonds is 4. The average Bonchev–Trinajstić information content (AvgIpc) is 2.14. The van der Waals surface area contributed by atoms with Crippen LogP contribution in [0.15, 0.2) is 0 Å². The number of carbonyl (C=O) groups is 3. The summed E-state index contributed by atoms with van der Waals surface area (Å²) in [5.41, 5.74) is 0. The van der Waals surface area contributed by atoms with Gasteiger partial charge in [0.05, 0.1) is 6.61 Å². The predicted octanol–water partition coefficient (Wildman–Crippen LogP) is -3.03. The minimum atomic E-state index is -1.90. The second kappa shape index (κ2) is 5.36. The zero-order valence-corrected chi connectivity index (χ0v) is 6.47. The van der Waals surface area contributed by atoms with Gasteiger partial charge >= 0.3 is 11.9 Å². The fourth-order valence-corrected chi connectivity index (χ4v) is 0.405. The highest BCUT2D eigenvalue weighted by atomic mass is 16.6. The lowest BCUT2D eigenvalue weighted by atomic mass is 10.2. The van der Waals surface area contributed by atoms with Crippen molar-refractivity contribution in [3.05, 3.63) is 0 Å². The van der Waals surface area contributed by atoms with Crippen molar-refractivity contribution in [1.29, 1.82) is 0 Å². The van der Waals surface area contributed by atoms with Gasteiger partial charge in [-0.15, -0.1) is 0 Å². The van der Waals surface area contributed by atoms with Gasteiger partial charge in [0.2, 0.25) is 0 Å². The number of carbonyl (C=O) groups excluding carboxylic acids is 3. The van der Waals surface area contributed by atoms with Crippen molar-refractivity contribution < 1.29 is 34.4 Å². The van der Waals surface area contributed by atoms with Crippen molar-refractivity contribution in [2.45, 2.75) is 6.10 Å². The maximum absolute atomic E-state index is 10.6. The summed E-state index contributed by atoms with van der Waals surface area (Å²) >= 11 is 0. The molecule has 0 saturated carbocycles. The molecular weight excluding hydrogens is 184 g/mol. The van der Waals surface area contributed by atoms with E-state index in [-0.39, 0.29) is 0 Å². The molecule has 0 heterocycles. The van der Waals surface area contributed by atoms with Gasteiger partial charge in [0.1, 0.15) is 12.7 Å². The van der Waals surface area contributed by atoms with E-state index in [1.54, 1.807) is 0 Å². The van der Waals surface area contributed by atoms with Gasteiger partial charge in [0.25, 0.3) is 5.78 Å². The Kier molecular flexibility index (Phi) is 4.82. The molecule has 0 aromatic carbocycles. The van der Waals surface area contributed by atoms with Crippen molar-refractivity contribution in [2.75, 3.05) is 13.2 Å². The van der Waals surface area contributed by atoms with Crippen LogP contribution in [0.1, 0.15) is 0 Å². The van der Waals surface area contributed by atoms with Crippen LogP contribution < -0.4 is 0 Å². The van der Waals surface area contributed by atoms with Gasteiger partial charge in [0.15, 0.2) is 0 Å². The van der Waals surface area contributed by atoms with Gasteiger partial charge < -0.3 is 20.1 Å². The first-order valence-corrected chi connectivity index (χ1v) is 3.21. The molecule has 0 spiro atoms. The lowest BCUT2D eigenvalue weighted by molar-refractivity contribution is -0.168. The average molecular weight is 192 g/mol. The van der Waals surface area contributed by atoms with Crippen LogP contribution in [0.2, 0.25) is 0 Å². The molecule has 0 aliphatic rings. The first-order valence-electron chi connectivity index (χ1n) is 3.21. The summed E-state index contributed by atoms with van der Waals surface area (Å²) in [5.74, 6) is -4.35. The van der Waals surface area contributed by atoms with Crippen LogP contribution in [-0.2, 0) is 19.1 Å². The molecule has 0 radical (unpaired) electrons. The number of esters is 2. The third kappa shape index (κ3) is 3.74. The van der Waals surface area contributed by atoms with Crippen LogP contribution in [0.3, 0.4) is 0 Å². The molecule has 13 heavy (non-hydrogen) atoms. The molecule has 7 heteroatoms. The van der Waals surface area contributed by atoms with Crippen molar-refractivity contribution in [3.63, 3.8) is 0 Å². The van der Waals surface area contributed by atoms with E-state index in [0.717, 1.165) is 0 Å². The Labute approximate surface area is 72.5 Å². The summed E-state index contributed by atoms with van der Waals surface area (Å²) < 4.78 is 3.74. The van der Waals surface area contributed by atoms with E-state index >= 15 is 0 Å². The van der Waals surface area contributed by atoms with Gasteiger partial charge in [-0.1, -0.05) is 0 Å². The first-order chi connectivity index (χ1) is 6.02. The first kappa shape index (κ1) is 11.7. The summed E-state index contributed by atoms with van der Waals surface area (Å²) in [7, 11) is 0. The molecule has 0 fully saturated rings. The van der Waals surface area contributed by atoms with E-state index in [1.165, 1.54) is 0 Å². The van der Waals surface area contributed by atoms with Gasteiger partial charge in [-0.25, -0.2) is 9.59 Å². The van der Waals surface area contributed by atoms with Crippen LogP contribution in [-0.4, -0.2) is 52.4 Å². The van der Waals surface area contributed by atoms with E-state index < -0.39 is 37.0 Å². The van der Waals surface area contributed by atoms with Crippen molar-refractivity contribution in [1.82, 2.24) is 0 Å². The minimum Gasteiger partial charge on any atom is -0.393 e. The smallest absolute Gasteiger partial charge is 0.385 e. The molecule has 0 amide bonds. The van der Waals surface area contributed by atoms with Gasteiger partial charge in [-0.3, -0.25) is 4.79 Å². The lowest BCUT2D eigenvalue weighted by Gasteiger charge is -2.03. The Morgan fingerprint density at radius 2 is 1.77 bits per heavy atom. The highest BCUT2D eigenvalue weighted by Gasteiger charge is 2.25. The van der Waals surface area contributed by atoms with Crippen LogP contribution in [0.25, 0.3) is 0 Å². The molecule has 0 bridgehead atoms. The fraction of sp³-hybridized carbons (Fsp3) is 0.500. The predicted molar refractivity (Wildman–Crippen MR) is 36.3 cm³/mol. The van der Waals surface area contributed by atoms with E-state index in [4.69, 9.17) is 15.3 Å². The second-order valence-electron chi connectivity index (χ2n) is 1.98. The van der Waals surface area contributed by atoms with E-state index in [2.05, 4.69) is 4.74 Å². The van der Waals surface area contributed by atoms with Gasteiger partial charge in [-0.2, -0.15) is 0 Å². The van der Waals surface area contributed by atoms with Gasteiger partial charge in [-0.05, 0) is 0 Å². The number of ketones is 1. The Bertz CT molecular complexity index is 221. The lowest BCUT2D eigenvalue weighted by Crippen LogP contribution is -2.34. The molecule has 0 aliphatic heterocycles. The maximum atomic E-state index is 10.6. The molecule has 1 unspecified atom stereocenters. The SMILES string of the molecule is O=C(CO)OC(=O)C(=O)C(O)CO. The van der Waals surface area contributed by atoms with E-state index in [9.17, 15) is 14.4 Å². The third-order valence-electron chi connectivity index (χ3n) is 1.01. The van der Waals surface area contributed by atoms with Crippen LogP contribution >= 0.6 is 0 Å². The Morgan fingerprint density at radius 3 is 2.15 bits per heavy atom. The second-order valence-corrected chi connectivity index (χ2v) is 1.98. The Hall–Kier alpha value is -1.31. The summed E-state index contributed by atoms with van der Waals surface area (Å²) in [6.45, 7) is -1.99. The van der Waals surface area contributed by atoms with Crippen molar-refractivity contribution >= 4 is 17.7 Å². The molecule has 0 rings (SSSR count). The van der Waals surface area contributed by atoms with E-state index in [0.29, 0.717) is 0 Å². The molecule has 0 aliphatic carbocycles. The molecule has 74 valence electrons. The number of hydrogen-bond acceptors (Lipinski definition) is 7. The zero-order chi connectivity index (χ0) is 10.4. The Morgan fingerprint density at radius 1 is 1.23 bits per heavy atom. The summed E-state index contributed by atoms with van der Waals surface area (Å²) in [6.07, 6.45) is -1.90. The third-order valence-corrected chi connectivity index (χ3v) is 1.01. The molecule has 0 saturated heterocycles. The summed E-state index contributed by atoms with van der Waals surface area (Å²) in [5, 5.41) is 25.0. The Balaban J connectivity index is 4.12. The standard InChI is InChI=1S/C6H8O7/c7-1-3(9)5(11)6(12)13-4(10)2-8/h3,7-9H,1-2H2. The highest BCUT2D eigenvalue weighted by Crippen LogP contribution is 1.89. The van der Waals surface area contributed by atoms with Crippen molar-refractivity contribution in [2.24, 2.45) is 0 Å². The van der Waals surface area contributed by atoms with Crippen molar-refractivity contribution in [3.8, 4) is 0 Å². The van der Waals surface area contributed by atoms with Crippen LogP contribution in [0.5, 0.6) is 0 Å². The summed E-state index contributed by atoms with van der Waals surface area (Å²) in [6, 6.07) is 0. The zero-order valence-electron chi connectivity index (χ0n) is 6.47. The summed E-state index contributed by atoms with van der Waals surface area (Å²) in [4.78, 5) is 31.4. The largest absolute Gasteiger partial charge is 0.393 e. The highest BCUT2D eigenvalue weighted by molar-refractivity contribution is 6.36. The molecule has 0 aromatic heterocycles. The number of aliphatic hydroxyl groups excluding tert-OH is 3. The van der Waals surface area contributed by atoms with Gasteiger partial charge in [0, 0.05) is 0 Å². The molecule has 0 aromatic rings. The van der Waals surface area contributed by atoms with Crippen LogP contribution in [0.4, 0.5) is 0 Å².